The fraction of sp³-hybridized carbons (Fsp3) is 0.167. The van der Waals surface area contributed by atoms with Gasteiger partial charge in [-0.05, 0) is 28.1 Å². The van der Waals surface area contributed by atoms with E-state index in [1.807, 2.05) is 11.4 Å². The summed E-state index contributed by atoms with van der Waals surface area (Å²) in [7, 11) is 0. The van der Waals surface area contributed by atoms with E-state index in [0.29, 0.717) is 18.0 Å². The number of rotatable bonds is 1. The Hall–Kier alpha value is -0.780. The zero-order valence-corrected chi connectivity index (χ0v) is 12.2. The molecule has 3 rings (SSSR count). The first-order valence-electron chi connectivity index (χ1n) is 5.27. The summed E-state index contributed by atoms with van der Waals surface area (Å²) >= 11 is 11.0. The van der Waals surface area contributed by atoms with Crippen molar-refractivity contribution in [2.75, 3.05) is 11.9 Å². The lowest BCUT2D eigenvalue weighted by Gasteiger charge is -2.27. The molecular weight excluding hydrogens is 341 g/mol. The van der Waals surface area contributed by atoms with Gasteiger partial charge in [-0.1, -0.05) is 11.6 Å². The van der Waals surface area contributed by atoms with Gasteiger partial charge in [0, 0.05) is 20.8 Å². The fourth-order valence-corrected chi connectivity index (χ4v) is 3.58. The Bertz CT molecular complexity index is 604. The largest absolute Gasteiger partial charge is 0.479 e. The summed E-state index contributed by atoms with van der Waals surface area (Å²) in [5, 5.41) is 5.43. The second-order valence-corrected chi connectivity index (χ2v) is 6.18. The number of fused-ring (bicyclic) bond motifs is 1. The van der Waals surface area contributed by atoms with Crippen molar-refractivity contribution >= 4 is 44.6 Å². The Balaban J connectivity index is 1.93. The topological polar surface area (TPSA) is 21.3 Å². The van der Waals surface area contributed by atoms with Crippen LogP contribution in [-0.4, -0.2) is 6.54 Å². The van der Waals surface area contributed by atoms with Crippen LogP contribution in [-0.2, 0) is 0 Å². The molecule has 2 nitrogen and oxygen atoms in total. The molecule has 1 aliphatic heterocycles. The lowest BCUT2D eigenvalue weighted by atomic mass is 10.2. The predicted molar refractivity (Wildman–Crippen MR) is 75.3 cm³/mol. The summed E-state index contributed by atoms with van der Waals surface area (Å²) in [5.41, 5.74) is 0.604. The van der Waals surface area contributed by atoms with Crippen molar-refractivity contribution in [2.45, 2.75) is 6.10 Å². The third-order valence-corrected chi connectivity index (χ3v) is 4.72. The summed E-state index contributed by atoms with van der Waals surface area (Å²) < 4.78 is 20.1. The Morgan fingerprint density at radius 1 is 1.44 bits per heavy atom. The highest BCUT2D eigenvalue weighted by molar-refractivity contribution is 9.10. The minimum absolute atomic E-state index is 0.100. The van der Waals surface area contributed by atoms with Crippen molar-refractivity contribution in [3.05, 3.63) is 43.8 Å². The number of thiophene rings is 1. The van der Waals surface area contributed by atoms with Gasteiger partial charge in [0.2, 0.25) is 0 Å². The first-order chi connectivity index (χ1) is 8.63. The average molecular weight is 349 g/mol. The molecule has 0 saturated carbocycles. The third-order valence-electron chi connectivity index (χ3n) is 2.65. The number of hydrogen-bond acceptors (Lipinski definition) is 3. The molecule has 6 heteroatoms. The van der Waals surface area contributed by atoms with Crippen LogP contribution >= 0.6 is 38.9 Å². The second-order valence-electron chi connectivity index (χ2n) is 3.92. The van der Waals surface area contributed by atoms with E-state index < -0.39 is 0 Å². The van der Waals surface area contributed by atoms with E-state index in [1.54, 1.807) is 11.3 Å². The molecule has 0 spiro atoms. The maximum Gasteiger partial charge on any atom is 0.162 e. The van der Waals surface area contributed by atoms with Gasteiger partial charge in [0.25, 0.3) is 0 Å². The smallest absolute Gasteiger partial charge is 0.162 e. The van der Waals surface area contributed by atoms with Crippen molar-refractivity contribution < 1.29 is 9.13 Å². The molecule has 1 aliphatic rings. The van der Waals surface area contributed by atoms with Crippen LogP contribution in [0.5, 0.6) is 5.75 Å². The highest BCUT2D eigenvalue weighted by atomic mass is 79.9. The zero-order chi connectivity index (χ0) is 12.7. The molecule has 1 unspecified atom stereocenters. The number of nitrogens with one attached hydrogen (secondary N) is 1. The summed E-state index contributed by atoms with van der Waals surface area (Å²) in [6, 6.07) is 4.66. The van der Waals surface area contributed by atoms with Crippen LogP contribution in [0.4, 0.5) is 10.1 Å². The molecule has 94 valence electrons. The van der Waals surface area contributed by atoms with Crippen LogP contribution in [0.3, 0.4) is 0 Å². The van der Waals surface area contributed by atoms with Gasteiger partial charge in [-0.15, -0.1) is 11.3 Å². The first-order valence-corrected chi connectivity index (χ1v) is 7.32. The van der Waals surface area contributed by atoms with Crippen molar-refractivity contribution in [3.8, 4) is 5.75 Å². The van der Waals surface area contributed by atoms with Crippen molar-refractivity contribution in [3.63, 3.8) is 0 Å². The lowest BCUT2D eigenvalue weighted by Crippen LogP contribution is -2.23. The summed E-state index contributed by atoms with van der Waals surface area (Å²) in [5.74, 6) is 0.144. The van der Waals surface area contributed by atoms with Crippen LogP contribution in [0.15, 0.2) is 28.1 Å². The highest BCUT2D eigenvalue weighted by Crippen LogP contribution is 2.41. The molecule has 2 aromatic rings. The number of ether oxygens (including phenoxy) is 1. The van der Waals surface area contributed by atoms with E-state index in [4.69, 9.17) is 16.3 Å². The minimum Gasteiger partial charge on any atom is -0.479 e. The Morgan fingerprint density at radius 3 is 3.00 bits per heavy atom. The first kappa shape index (κ1) is 12.3. The van der Waals surface area contributed by atoms with Gasteiger partial charge in [0.1, 0.15) is 5.82 Å². The Kier molecular flexibility index (Phi) is 3.21. The Morgan fingerprint density at radius 2 is 2.28 bits per heavy atom. The molecule has 1 N–H and O–H groups in total. The van der Waals surface area contributed by atoms with Gasteiger partial charge in [-0.2, -0.15) is 0 Å². The zero-order valence-electron chi connectivity index (χ0n) is 9.04. The van der Waals surface area contributed by atoms with Gasteiger partial charge in [-0.3, -0.25) is 0 Å². The van der Waals surface area contributed by atoms with Crippen LogP contribution in [0.25, 0.3) is 0 Å². The summed E-state index contributed by atoms with van der Waals surface area (Å²) in [6.07, 6.45) is -0.100. The van der Waals surface area contributed by atoms with E-state index in [9.17, 15) is 4.39 Å². The quantitative estimate of drug-likeness (QED) is 0.795. The number of benzene rings is 1. The number of anilines is 1. The van der Waals surface area contributed by atoms with Gasteiger partial charge >= 0.3 is 0 Å². The van der Waals surface area contributed by atoms with E-state index in [2.05, 4.69) is 21.2 Å². The normalized spacial score (nSPS) is 17.8. The minimum atomic E-state index is -0.368. The lowest BCUT2D eigenvalue weighted by molar-refractivity contribution is 0.214. The molecule has 2 heterocycles. The maximum absolute atomic E-state index is 13.2. The van der Waals surface area contributed by atoms with Crippen LogP contribution < -0.4 is 10.1 Å². The Labute approximate surface area is 121 Å². The molecule has 18 heavy (non-hydrogen) atoms. The summed E-state index contributed by atoms with van der Waals surface area (Å²) in [6.45, 7) is 0.597. The SMILES string of the molecule is Fc1cc(Cl)c2c(c1)NCC(c1cc(Br)cs1)O2. The molecule has 0 amide bonds. The third kappa shape index (κ3) is 2.22. The van der Waals surface area contributed by atoms with E-state index in [0.717, 1.165) is 9.35 Å². The van der Waals surface area contributed by atoms with Gasteiger partial charge < -0.3 is 10.1 Å². The predicted octanol–water partition coefficient (Wildman–Crippen LogP) is 4.85. The average Bonchev–Trinajstić information content (AvgIpc) is 2.75. The molecule has 0 saturated heterocycles. The van der Waals surface area contributed by atoms with Gasteiger partial charge in [0.15, 0.2) is 11.9 Å². The highest BCUT2D eigenvalue weighted by Gasteiger charge is 2.24. The fourth-order valence-electron chi connectivity index (χ4n) is 1.85. The van der Waals surface area contributed by atoms with Crippen molar-refractivity contribution in [1.29, 1.82) is 0 Å². The maximum atomic E-state index is 13.2. The second kappa shape index (κ2) is 4.72. The molecule has 1 aromatic carbocycles. The van der Waals surface area contributed by atoms with Crippen LogP contribution in [0.2, 0.25) is 5.02 Å². The summed E-state index contributed by atoms with van der Waals surface area (Å²) in [4.78, 5) is 1.10. The number of hydrogen-bond donors (Lipinski definition) is 1. The van der Waals surface area contributed by atoms with Crippen LogP contribution in [0, 0.1) is 5.82 Å². The van der Waals surface area contributed by atoms with Gasteiger partial charge in [-0.25, -0.2) is 4.39 Å². The monoisotopic (exact) mass is 347 g/mol. The molecule has 0 radical (unpaired) electrons. The molecule has 1 atom stereocenters. The molecule has 0 bridgehead atoms. The van der Waals surface area contributed by atoms with Gasteiger partial charge in [0.05, 0.1) is 17.3 Å². The molecule has 0 aliphatic carbocycles. The van der Waals surface area contributed by atoms with E-state index >= 15 is 0 Å². The van der Waals surface area contributed by atoms with Crippen LogP contribution in [0.1, 0.15) is 11.0 Å². The molecular formula is C12H8BrClFNOS. The van der Waals surface area contributed by atoms with E-state index in [1.165, 1.54) is 12.1 Å². The van der Waals surface area contributed by atoms with Crippen molar-refractivity contribution in [2.24, 2.45) is 0 Å². The van der Waals surface area contributed by atoms with Crippen molar-refractivity contribution in [1.82, 2.24) is 0 Å². The van der Waals surface area contributed by atoms with E-state index in [-0.39, 0.29) is 16.9 Å². The molecule has 0 fully saturated rings. The number of halogens is 3. The standard InChI is InChI=1S/C12H8BrClFNOS/c13-6-1-11(18-5-6)10-4-16-9-3-7(15)2-8(14)12(9)17-10/h1-3,5,10,16H,4H2. The molecule has 1 aromatic heterocycles.